The Morgan fingerprint density at radius 1 is 0.974 bits per heavy atom. The average molecular weight is 594 g/mol. The second-order valence-corrected chi connectivity index (χ2v) is 11.9. The Morgan fingerprint density at radius 2 is 1.72 bits per heavy atom. The van der Waals surface area contributed by atoms with Gasteiger partial charge in [-0.15, -0.1) is 22.7 Å². The number of thiophene rings is 2. The SMILES string of the molecule is CCOC(=O)c1c(-c2ccc(Cl)cc2)csc1NC(=O)CSc1ncnc2scc(-c3ccc(C)c(C)c3)c12. The summed E-state index contributed by atoms with van der Waals surface area (Å²) in [4.78, 5) is 35.8. The summed E-state index contributed by atoms with van der Waals surface area (Å²) in [6.45, 7) is 6.16. The lowest BCUT2D eigenvalue weighted by atomic mass is 10.0. The molecule has 0 aliphatic rings. The third-order valence-corrected chi connectivity index (χ3v) is 9.20. The Kier molecular flexibility index (Phi) is 8.32. The van der Waals surface area contributed by atoms with Gasteiger partial charge in [0.2, 0.25) is 5.91 Å². The molecule has 39 heavy (non-hydrogen) atoms. The van der Waals surface area contributed by atoms with Gasteiger partial charge in [0.05, 0.1) is 17.7 Å². The number of carbonyl (C=O) groups excluding carboxylic acids is 2. The highest BCUT2D eigenvalue weighted by Crippen LogP contribution is 2.39. The zero-order valence-corrected chi connectivity index (χ0v) is 24.6. The number of fused-ring (bicyclic) bond motifs is 1. The third kappa shape index (κ3) is 5.86. The van der Waals surface area contributed by atoms with Gasteiger partial charge in [-0.1, -0.05) is 53.7 Å². The molecule has 0 radical (unpaired) electrons. The van der Waals surface area contributed by atoms with Gasteiger partial charge in [0.25, 0.3) is 0 Å². The highest BCUT2D eigenvalue weighted by atomic mass is 35.5. The van der Waals surface area contributed by atoms with Crippen LogP contribution in [0.15, 0.2) is 64.6 Å². The summed E-state index contributed by atoms with van der Waals surface area (Å²) in [7, 11) is 0. The summed E-state index contributed by atoms with van der Waals surface area (Å²) in [5.74, 6) is -0.615. The molecule has 0 saturated heterocycles. The molecule has 0 fully saturated rings. The molecule has 198 valence electrons. The lowest BCUT2D eigenvalue weighted by molar-refractivity contribution is -0.113. The molecule has 5 aromatic rings. The van der Waals surface area contributed by atoms with Gasteiger partial charge in [0, 0.05) is 26.9 Å². The minimum atomic E-state index is -0.486. The summed E-state index contributed by atoms with van der Waals surface area (Å²) in [6.07, 6.45) is 1.53. The number of nitrogens with one attached hydrogen (secondary N) is 1. The minimum absolute atomic E-state index is 0.116. The maximum absolute atomic E-state index is 13.1. The average Bonchev–Trinajstić information content (AvgIpc) is 3.55. The van der Waals surface area contributed by atoms with E-state index in [1.54, 1.807) is 30.4 Å². The molecule has 1 amide bonds. The highest BCUT2D eigenvalue weighted by molar-refractivity contribution is 8.00. The lowest BCUT2D eigenvalue weighted by Crippen LogP contribution is -2.16. The molecule has 6 nitrogen and oxygen atoms in total. The molecule has 0 aliphatic heterocycles. The third-order valence-electron chi connectivity index (χ3n) is 6.17. The van der Waals surface area contributed by atoms with Crippen molar-refractivity contribution in [3.8, 4) is 22.3 Å². The van der Waals surface area contributed by atoms with Crippen LogP contribution in [0.25, 0.3) is 32.5 Å². The van der Waals surface area contributed by atoms with Crippen molar-refractivity contribution in [2.24, 2.45) is 0 Å². The van der Waals surface area contributed by atoms with Crippen LogP contribution >= 0.6 is 46.0 Å². The first-order valence-corrected chi connectivity index (χ1v) is 15.2. The number of halogens is 1. The molecule has 0 atom stereocenters. The van der Waals surface area contributed by atoms with Crippen LogP contribution in [0.2, 0.25) is 5.02 Å². The number of aryl methyl sites for hydroxylation is 2. The molecular weight excluding hydrogens is 570 g/mol. The maximum atomic E-state index is 13.1. The molecule has 5 rings (SSSR count). The Balaban J connectivity index is 1.39. The number of amides is 1. The second kappa shape index (κ2) is 11.9. The normalized spacial score (nSPS) is 11.1. The molecule has 3 aromatic heterocycles. The molecule has 3 heterocycles. The molecule has 0 spiro atoms. The number of rotatable bonds is 8. The van der Waals surface area contributed by atoms with Crippen LogP contribution in [-0.2, 0) is 9.53 Å². The van der Waals surface area contributed by atoms with Crippen LogP contribution < -0.4 is 5.32 Å². The zero-order valence-electron chi connectivity index (χ0n) is 21.4. The summed E-state index contributed by atoms with van der Waals surface area (Å²) >= 11 is 10.2. The predicted octanol–water partition coefficient (Wildman–Crippen LogP) is 8.26. The number of thioether (sulfide) groups is 1. The van der Waals surface area contributed by atoms with E-state index in [0.29, 0.717) is 21.2 Å². The lowest BCUT2D eigenvalue weighted by Gasteiger charge is -2.09. The summed E-state index contributed by atoms with van der Waals surface area (Å²) in [5, 5.41) is 9.57. The number of hydrogen-bond donors (Lipinski definition) is 1. The number of hydrogen-bond acceptors (Lipinski definition) is 8. The predicted molar refractivity (Wildman–Crippen MR) is 162 cm³/mol. The highest BCUT2D eigenvalue weighted by Gasteiger charge is 2.23. The second-order valence-electron chi connectivity index (χ2n) is 8.73. The van der Waals surface area contributed by atoms with Gasteiger partial charge >= 0.3 is 5.97 Å². The molecule has 2 aromatic carbocycles. The molecule has 0 unspecified atom stereocenters. The van der Waals surface area contributed by atoms with Crippen LogP contribution in [-0.4, -0.2) is 34.2 Å². The van der Waals surface area contributed by atoms with Gasteiger partial charge in [-0.2, -0.15) is 0 Å². The number of carbonyl (C=O) groups is 2. The van der Waals surface area contributed by atoms with Crippen molar-refractivity contribution in [1.29, 1.82) is 0 Å². The Labute approximate surface area is 243 Å². The van der Waals surface area contributed by atoms with Gasteiger partial charge in [-0.25, -0.2) is 14.8 Å². The molecule has 1 N–H and O–H groups in total. The summed E-state index contributed by atoms with van der Waals surface area (Å²) < 4.78 is 5.30. The fourth-order valence-electron chi connectivity index (χ4n) is 4.07. The molecule has 0 saturated carbocycles. The number of ether oxygens (including phenoxy) is 1. The number of benzene rings is 2. The van der Waals surface area contributed by atoms with Gasteiger partial charge in [0.1, 0.15) is 26.7 Å². The number of anilines is 1. The van der Waals surface area contributed by atoms with Crippen molar-refractivity contribution >= 4 is 73.1 Å². The van der Waals surface area contributed by atoms with Crippen molar-refractivity contribution in [1.82, 2.24) is 9.97 Å². The number of aromatic nitrogens is 2. The molecule has 0 bridgehead atoms. The van der Waals surface area contributed by atoms with E-state index in [4.69, 9.17) is 16.3 Å². The van der Waals surface area contributed by atoms with E-state index in [0.717, 1.165) is 31.9 Å². The quantitative estimate of drug-likeness (QED) is 0.111. The minimum Gasteiger partial charge on any atom is -0.462 e. The van der Waals surface area contributed by atoms with Crippen LogP contribution in [0.3, 0.4) is 0 Å². The summed E-state index contributed by atoms with van der Waals surface area (Å²) in [5.41, 5.74) is 6.43. The molecular formula is C29H24ClN3O3S3. The first kappa shape index (κ1) is 27.3. The van der Waals surface area contributed by atoms with Crippen LogP contribution in [0.5, 0.6) is 0 Å². The van der Waals surface area contributed by atoms with Crippen LogP contribution in [0, 0.1) is 13.8 Å². The van der Waals surface area contributed by atoms with E-state index >= 15 is 0 Å². The molecule has 10 heteroatoms. The monoisotopic (exact) mass is 593 g/mol. The molecule has 0 aliphatic carbocycles. The van der Waals surface area contributed by atoms with Crippen molar-refractivity contribution in [3.63, 3.8) is 0 Å². The van der Waals surface area contributed by atoms with Gasteiger partial charge in [0.15, 0.2) is 0 Å². The summed E-state index contributed by atoms with van der Waals surface area (Å²) in [6, 6.07) is 13.6. The van der Waals surface area contributed by atoms with Gasteiger partial charge in [-0.05, 0) is 55.2 Å². The Bertz CT molecular complexity index is 1680. The van der Waals surface area contributed by atoms with Crippen molar-refractivity contribution in [3.05, 3.63) is 81.3 Å². The topological polar surface area (TPSA) is 81.2 Å². The maximum Gasteiger partial charge on any atom is 0.341 e. The van der Waals surface area contributed by atoms with E-state index < -0.39 is 5.97 Å². The van der Waals surface area contributed by atoms with Crippen molar-refractivity contribution in [2.75, 3.05) is 17.7 Å². The fraction of sp³-hybridized carbons (Fsp3) is 0.172. The smallest absolute Gasteiger partial charge is 0.341 e. The van der Waals surface area contributed by atoms with Crippen LogP contribution in [0.1, 0.15) is 28.4 Å². The van der Waals surface area contributed by atoms with Crippen molar-refractivity contribution < 1.29 is 14.3 Å². The number of nitrogens with zero attached hydrogens (tertiary/aromatic N) is 2. The largest absolute Gasteiger partial charge is 0.462 e. The fourth-order valence-corrected chi connectivity index (χ4v) is 6.97. The van der Waals surface area contributed by atoms with E-state index in [1.807, 2.05) is 17.5 Å². The van der Waals surface area contributed by atoms with E-state index in [2.05, 4.69) is 52.7 Å². The van der Waals surface area contributed by atoms with E-state index in [1.165, 1.54) is 40.6 Å². The van der Waals surface area contributed by atoms with E-state index in [9.17, 15) is 9.59 Å². The first-order valence-electron chi connectivity index (χ1n) is 12.1. The van der Waals surface area contributed by atoms with Gasteiger partial charge < -0.3 is 10.1 Å². The standard InChI is InChI=1S/C29H24ClN3O3S3/c1-4-36-29(35)25-21(18-7-9-20(30)10-8-18)12-38-28(25)33-23(34)14-39-27-24-22(13-37-26(24)31-15-32-27)19-6-5-16(2)17(3)11-19/h5-13,15H,4,14H2,1-3H3,(H,33,34). The van der Waals surface area contributed by atoms with Gasteiger partial charge in [-0.3, -0.25) is 4.79 Å². The van der Waals surface area contributed by atoms with Crippen molar-refractivity contribution in [2.45, 2.75) is 25.8 Å². The Morgan fingerprint density at radius 3 is 2.46 bits per heavy atom. The zero-order chi connectivity index (χ0) is 27.5. The first-order chi connectivity index (χ1) is 18.9. The number of esters is 1. The van der Waals surface area contributed by atoms with E-state index in [-0.39, 0.29) is 18.3 Å². The van der Waals surface area contributed by atoms with Crippen LogP contribution in [0.4, 0.5) is 5.00 Å². The Hall–Kier alpha value is -3.24.